The molecule has 0 bridgehead atoms. The SMILES string of the molecule is [2H]c1c([2H])c([2H])c(-c2cccc(-c3c([2H])c([2H])c([2H])c([2H])c3[2H])c2-[n+]2[c-]n(-c3[c-]c(Oc4[c-]c5c(cc4)c4cc(C(C)(C)C)ccc4n5-c4cc(C([2H])(C)C(C)C)c(-c5ccccc5)cn4)ccc3)c3ccccc32)c([2H])c1[2H].[Pt]. The molecule has 0 fully saturated rings. The monoisotopic (exact) mass is 1090 g/mol. The Kier molecular flexibility index (Phi) is 9.19. The summed E-state index contributed by atoms with van der Waals surface area (Å²) in [6.45, 7) is 12.6. The number of fused-ring (bicyclic) bond motifs is 4. The molecule has 342 valence electrons. The Morgan fingerprint density at radius 1 is 0.638 bits per heavy atom. The van der Waals surface area contributed by atoms with E-state index in [-0.39, 0.29) is 60.3 Å². The third-order valence-electron chi connectivity index (χ3n) is 12.6. The van der Waals surface area contributed by atoms with Crippen molar-refractivity contribution in [2.45, 2.75) is 52.9 Å². The molecule has 11 aromatic rings. The fourth-order valence-electron chi connectivity index (χ4n) is 8.85. The van der Waals surface area contributed by atoms with Crippen LogP contribution in [-0.2, 0) is 26.5 Å². The fourth-order valence-corrected chi connectivity index (χ4v) is 8.85. The first-order valence-electron chi connectivity index (χ1n) is 28.1. The number of pyridine rings is 1. The fraction of sp³-hybridized carbons (Fsp3) is 0.143. The van der Waals surface area contributed by atoms with Crippen molar-refractivity contribution in [2.24, 2.45) is 5.92 Å². The molecular weight excluding hydrogens is 1020 g/mol. The molecule has 0 aliphatic rings. The van der Waals surface area contributed by atoms with Gasteiger partial charge < -0.3 is 13.9 Å². The number of rotatable bonds is 10. The molecule has 5 nitrogen and oxygen atoms in total. The zero-order chi connectivity index (χ0) is 56.1. The van der Waals surface area contributed by atoms with Crippen LogP contribution in [0.1, 0.15) is 73.6 Å². The largest absolute Gasteiger partial charge is 0.510 e. The second-order valence-electron chi connectivity index (χ2n) is 18.2. The summed E-state index contributed by atoms with van der Waals surface area (Å²) in [6, 6.07) is 41.5. The molecule has 0 amide bonds. The van der Waals surface area contributed by atoms with Gasteiger partial charge in [0.1, 0.15) is 5.82 Å². The molecule has 11 rings (SSSR count). The van der Waals surface area contributed by atoms with Crippen LogP contribution in [0, 0.1) is 24.4 Å². The topological polar surface area (TPSA) is 35.9 Å². The number of imidazole rings is 1. The van der Waals surface area contributed by atoms with Crippen LogP contribution in [0.3, 0.4) is 0 Å². The van der Waals surface area contributed by atoms with Crippen LogP contribution in [0.25, 0.3) is 83.4 Å². The number of ether oxygens (including phenoxy) is 1. The first kappa shape index (κ1) is 34.0. The van der Waals surface area contributed by atoms with Gasteiger partial charge in [-0.15, -0.1) is 29.7 Å². The molecule has 69 heavy (non-hydrogen) atoms. The van der Waals surface area contributed by atoms with Gasteiger partial charge in [-0.2, -0.15) is 18.2 Å². The molecule has 3 aromatic heterocycles. The summed E-state index contributed by atoms with van der Waals surface area (Å²) in [5.41, 5.74) is 7.09. The van der Waals surface area contributed by atoms with E-state index in [1.165, 1.54) is 0 Å². The van der Waals surface area contributed by atoms with Crippen LogP contribution in [0.15, 0.2) is 194 Å². The molecule has 0 aliphatic carbocycles. The maximum Gasteiger partial charge on any atom is 0.268 e. The minimum atomic E-state index is -0.970. The Bertz CT molecular complexity index is 4150. The summed E-state index contributed by atoms with van der Waals surface area (Å²) in [5, 5.41) is 1.95. The molecular formula is C63H52N4OPt-2. The van der Waals surface area contributed by atoms with Gasteiger partial charge in [-0.25, -0.2) is 4.98 Å². The van der Waals surface area contributed by atoms with Crippen molar-refractivity contribution in [3.05, 3.63) is 224 Å². The van der Waals surface area contributed by atoms with Crippen LogP contribution in [0.2, 0.25) is 0 Å². The van der Waals surface area contributed by atoms with Crippen LogP contribution in [0.4, 0.5) is 0 Å². The number of hydrogen-bond donors (Lipinski definition) is 0. The van der Waals surface area contributed by atoms with Crippen LogP contribution < -0.4 is 9.30 Å². The first-order chi connectivity index (χ1) is 37.6. The van der Waals surface area contributed by atoms with Crippen molar-refractivity contribution < 1.29 is 45.4 Å². The van der Waals surface area contributed by atoms with Gasteiger partial charge in [-0.1, -0.05) is 192 Å². The van der Waals surface area contributed by atoms with E-state index in [2.05, 4.69) is 75.8 Å². The molecule has 1 atom stereocenters. The van der Waals surface area contributed by atoms with Gasteiger partial charge in [0.2, 0.25) is 0 Å². The molecule has 0 saturated heterocycles. The number of nitrogens with zero attached hydrogens (tertiary/aromatic N) is 4. The summed E-state index contributed by atoms with van der Waals surface area (Å²) in [7, 11) is 0. The molecule has 3 heterocycles. The number of hydrogen-bond acceptors (Lipinski definition) is 2. The molecule has 0 radical (unpaired) electrons. The molecule has 0 spiro atoms. The maximum absolute atomic E-state index is 9.71. The predicted molar refractivity (Wildman–Crippen MR) is 278 cm³/mol. The normalized spacial score (nSPS) is 14.9. The average Bonchev–Trinajstić information content (AvgIpc) is 3.99. The predicted octanol–water partition coefficient (Wildman–Crippen LogP) is 15.6. The minimum absolute atomic E-state index is 0. The Morgan fingerprint density at radius 3 is 2.00 bits per heavy atom. The van der Waals surface area contributed by atoms with E-state index >= 15 is 0 Å². The van der Waals surface area contributed by atoms with E-state index in [1.54, 1.807) is 45.5 Å². The quantitative estimate of drug-likeness (QED) is 0.101. The molecule has 0 N–H and O–H groups in total. The minimum Gasteiger partial charge on any atom is -0.510 e. The van der Waals surface area contributed by atoms with Gasteiger partial charge in [-0.05, 0) is 79.4 Å². The van der Waals surface area contributed by atoms with E-state index in [0.29, 0.717) is 34.0 Å². The Balaban J connectivity index is 0.00000720. The van der Waals surface area contributed by atoms with Crippen molar-refractivity contribution in [3.63, 3.8) is 0 Å². The average molecular weight is 1090 g/mol. The van der Waals surface area contributed by atoms with Crippen molar-refractivity contribution in [1.82, 2.24) is 14.1 Å². The van der Waals surface area contributed by atoms with E-state index in [0.717, 1.165) is 44.1 Å². The summed E-state index contributed by atoms with van der Waals surface area (Å²) in [5.74, 6) is 0.358. The van der Waals surface area contributed by atoms with Crippen LogP contribution in [-0.4, -0.2) is 14.1 Å². The molecule has 0 saturated carbocycles. The zero-order valence-electron chi connectivity index (χ0n) is 49.8. The third-order valence-corrected chi connectivity index (χ3v) is 12.6. The van der Waals surface area contributed by atoms with E-state index in [9.17, 15) is 1.37 Å². The Morgan fingerprint density at radius 2 is 1.30 bits per heavy atom. The summed E-state index contributed by atoms with van der Waals surface area (Å²) in [6.07, 6.45) is 5.29. The van der Waals surface area contributed by atoms with E-state index < -0.39 is 66.3 Å². The van der Waals surface area contributed by atoms with Crippen molar-refractivity contribution >= 4 is 32.8 Å². The van der Waals surface area contributed by atoms with Gasteiger partial charge in [0.05, 0.1) is 30.4 Å². The maximum atomic E-state index is 9.71. The summed E-state index contributed by atoms with van der Waals surface area (Å²) < 4.78 is 109. The summed E-state index contributed by atoms with van der Waals surface area (Å²) >= 11 is 0. The van der Waals surface area contributed by atoms with Crippen LogP contribution in [0.5, 0.6) is 11.5 Å². The molecule has 0 aliphatic heterocycles. The van der Waals surface area contributed by atoms with Crippen molar-refractivity contribution in [1.29, 1.82) is 0 Å². The first-order valence-corrected chi connectivity index (χ1v) is 22.6. The third kappa shape index (κ3) is 8.51. The van der Waals surface area contributed by atoms with Crippen LogP contribution >= 0.6 is 0 Å². The smallest absolute Gasteiger partial charge is 0.268 e. The second kappa shape index (κ2) is 18.6. The Hall–Kier alpha value is -7.33. The molecule has 6 heteroatoms. The van der Waals surface area contributed by atoms with Crippen molar-refractivity contribution in [3.8, 4) is 62.1 Å². The van der Waals surface area contributed by atoms with Gasteiger partial charge in [-0.3, -0.25) is 4.57 Å². The second-order valence-corrected chi connectivity index (χ2v) is 18.2. The van der Waals surface area contributed by atoms with Crippen molar-refractivity contribution in [2.75, 3.05) is 0 Å². The molecule has 8 aromatic carbocycles. The van der Waals surface area contributed by atoms with Gasteiger partial charge in [0.15, 0.2) is 0 Å². The van der Waals surface area contributed by atoms with E-state index in [1.807, 2.05) is 85.9 Å². The summed E-state index contributed by atoms with van der Waals surface area (Å²) in [4.78, 5) is 5.11. The van der Waals surface area contributed by atoms with Gasteiger partial charge >= 0.3 is 0 Å². The number of para-hydroxylation sites is 3. The standard InChI is InChI=1S/C63H52N4O.Pt/c1-42(2)43(3)54-39-61(64-40-56(54)46-24-14-9-15-25-46)67-57-35-32-47(63(4,5)6)36-55(57)53-34-33-50(38-60(53)67)68-49-27-18-26-48(37-49)65-41-66(59-31-17-16-30-58(59)65)62-51(44-20-10-7-11-21-44)28-19-29-52(62)45-22-12-8-13-23-45;/h7-36,39-40,42-43H,1-6H3;/q-2;/i7D,8D,10D,11D,12D,13D,20D,21D,22D,23D,43D;. The zero-order valence-corrected chi connectivity index (χ0v) is 41.1. The number of aromatic nitrogens is 4. The van der Waals surface area contributed by atoms with Gasteiger partial charge in [0.25, 0.3) is 6.33 Å². The molecule has 1 unspecified atom stereocenters. The Labute approximate surface area is 435 Å². The number of benzene rings is 8. The van der Waals surface area contributed by atoms with E-state index in [4.69, 9.17) is 23.4 Å². The van der Waals surface area contributed by atoms with Gasteiger partial charge in [0, 0.05) is 51.2 Å².